The molecule has 0 bridgehead atoms. The second-order valence-corrected chi connectivity index (χ2v) is 5.25. The number of nitrogens with zero attached hydrogens (tertiary/aromatic N) is 1. The minimum Gasteiger partial charge on any atom is -0.490 e. The quantitative estimate of drug-likeness (QED) is 0.471. The Bertz CT molecular complexity index is 456. The third kappa shape index (κ3) is 3.93. The van der Waals surface area contributed by atoms with Crippen LogP contribution >= 0.6 is 0 Å². The fourth-order valence-electron chi connectivity index (χ4n) is 2.52. The van der Waals surface area contributed by atoms with Crippen LogP contribution in [0.25, 0.3) is 0 Å². The van der Waals surface area contributed by atoms with Crippen molar-refractivity contribution in [3.05, 3.63) is 33.9 Å². The Labute approximate surface area is 119 Å². The largest absolute Gasteiger partial charge is 0.490 e. The monoisotopic (exact) mass is 278 g/mol. The van der Waals surface area contributed by atoms with Crippen molar-refractivity contribution >= 4 is 5.69 Å². The molecule has 0 unspecified atom stereocenters. The summed E-state index contributed by atoms with van der Waals surface area (Å²) in [6, 6.07) is 4.87. The fourth-order valence-corrected chi connectivity index (χ4v) is 2.52. The Morgan fingerprint density at radius 1 is 1.40 bits per heavy atom. The highest BCUT2D eigenvalue weighted by molar-refractivity contribution is 5.44. The van der Waals surface area contributed by atoms with Crippen LogP contribution in [0.4, 0.5) is 5.69 Å². The Kier molecular flexibility index (Phi) is 5.35. The SMILES string of the molecule is CCCNCc1cc([N+](=O)[O-])ccc1OC1CCCC1. The number of hydrogen-bond donors (Lipinski definition) is 1. The zero-order valence-electron chi connectivity index (χ0n) is 11.9. The first-order chi connectivity index (χ1) is 9.70. The summed E-state index contributed by atoms with van der Waals surface area (Å²) in [4.78, 5) is 10.5. The molecule has 5 nitrogen and oxygen atoms in total. The highest BCUT2D eigenvalue weighted by Crippen LogP contribution is 2.29. The van der Waals surface area contributed by atoms with Crippen molar-refractivity contribution in [2.75, 3.05) is 6.54 Å². The topological polar surface area (TPSA) is 64.4 Å². The van der Waals surface area contributed by atoms with Crippen molar-refractivity contribution in [1.29, 1.82) is 0 Å². The number of hydrogen-bond acceptors (Lipinski definition) is 4. The first-order valence-corrected chi connectivity index (χ1v) is 7.35. The lowest BCUT2D eigenvalue weighted by Crippen LogP contribution is -2.17. The lowest BCUT2D eigenvalue weighted by atomic mass is 10.1. The molecule has 0 saturated heterocycles. The average molecular weight is 278 g/mol. The lowest BCUT2D eigenvalue weighted by molar-refractivity contribution is -0.384. The Morgan fingerprint density at radius 2 is 2.15 bits per heavy atom. The van der Waals surface area contributed by atoms with Gasteiger partial charge < -0.3 is 10.1 Å². The van der Waals surface area contributed by atoms with E-state index in [0.717, 1.165) is 37.1 Å². The molecule has 1 fully saturated rings. The molecule has 5 heteroatoms. The van der Waals surface area contributed by atoms with E-state index >= 15 is 0 Å². The molecule has 0 amide bonds. The van der Waals surface area contributed by atoms with Crippen LogP contribution in [0.3, 0.4) is 0 Å². The minimum atomic E-state index is -0.358. The highest BCUT2D eigenvalue weighted by atomic mass is 16.6. The van der Waals surface area contributed by atoms with Gasteiger partial charge in [0.15, 0.2) is 0 Å². The first kappa shape index (κ1) is 14.8. The predicted molar refractivity (Wildman–Crippen MR) is 78.0 cm³/mol. The third-order valence-corrected chi connectivity index (χ3v) is 3.59. The van der Waals surface area contributed by atoms with Crippen molar-refractivity contribution in [1.82, 2.24) is 5.32 Å². The summed E-state index contributed by atoms with van der Waals surface area (Å²) in [7, 11) is 0. The molecule has 0 radical (unpaired) electrons. The van der Waals surface area contributed by atoms with Crippen molar-refractivity contribution in [3.63, 3.8) is 0 Å². The van der Waals surface area contributed by atoms with Gasteiger partial charge in [0.2, 0.25) is 0 Å². The maximum absolute atomic E-state index is 10.9. The van der Waals surface area contributed by atoms with Gasteiger partial charge in [-0.2, -0.15) is 0 Å². The van der Waals surface area contributed by atoms with Crippen LogP contribution in [0.1, 0.15) is 44.6 Å². The summed E-state index contributed by atoms with van der Waals surface area (Å²) < 4.78 is 6.01. The van der Waals surface area contributed by atoms with Crippen molar-refractivity contribution in [2.45, 2.75) is 51.7 Å². The van der Waals surface area contributed by atoms with Crippen LogP contribution in [0.5, 0.6) is 5.75 Å². The summed E-state index contributed by atoms with van der Waals surface area (Å²) >= 11 is 0. The molecule has 0 heterocycles. The zero-order valence-corrected chi connectivity index (χ0v) is 11.9. The van der Waals surface area contributed by atoms with Gasteiger partial charge in [0.1, 0.15) is 5.75 Å². The van der Waals surface area contributed by atoms with Gasteiger partial charge in [-0.1, -0.05) is 6.92 Å². The number of nitro groups is 1. The smallest absolute Gasteiger partial charge is 0.270 e. The van der Waals surface area contributed by atoms with Crippen molar-refractivity contribution in [3.8, 4) is 5.75 Å². The molecule has 0 spiro atoms. The highest BCUT2D eigenvalue weighted by Gasteiger charge is 2.19. The molecule has 110 valence electrons. The number of non-ortho nitro benzene ring substituents is 1. The second kappa shape index (κ2) is 7.24. The molecular formula is C15H22N2O3. The molecule has 0 atom stereocenters. The van der Waals surface area contributed by atoms with Crippen LogP contribution in [0, 0.1) is 10.1 Å². The number of nitro benzene ring substituents is 1. The maximum Gasteiger partial charge on any atom is 0.270 e. The standard InChI is InChI=1S/C15H22N2O3/c1-2-9-16-11-12-10-13(17(18)19)7-8-15(12)20-14-5-3-4-6-14/h7-8,10,14,16H,2-6,9,11H2,1H3. The average Bonchev–Trinajstić information content (AvgIpc) is 2.93. The molecule has 2 rings (SSSR count). The van der Waals surface area contributed by atoms with E-state index in [9.17, 15) is 10.1 Å². The summed E-state index contributed by atoms with van der Waals surface area (Å²) in [6.07, 6.45) is 5.88. The van der Waals surface area contributed by atoms with E-state index in [1.807, 2.05) is 0 Å². The van der Waals surface area contributed by atoms with Gasteiger partial charge in [0.05, 0.1) is 11.0 Å². The van der Waals surface area contributed by atoms with E-state index in [-0.39, 0.29) is 16.7 Å². The minimum absolute atomic E-state index is 0.122. The molecule has 1 N–H and O–H groups in total. The number of rotatable bonds is 7. The zero-order chi connectivity index (χ0) is 14.4. The van der Waals surface area contributed by atoms with E-state index in [0.29, 0.717) is 6.54 Å². The van der Waals surface area contributed by atoms with Crippen LogP contribution in [-0.4, -0.2) is 17.6 Å². The van der Waals surface area contributed by atoms with Crippen molar-refractivity contribution < 1.29 is 9.66 Å². The molecule has 1 aliphatic carbocycles. The Hall–Kier alpha value is -1.62. The van der Waals surface area contributed by atoms with Gasteiger partial charge in [-0.05, 0) is 44.7 Å². The van der Waals surface area contributed by atoms with Crippen LogP contribution in [0.15, 0.2) is 18.2 Å². The van der Waals surface area contributed by atoms with Gasteiger partial charge in [-0.3, -0.25) is 10.1 Å². The number of ether oxygens (including phenoxy) is 1. The lowest BCUT2D eigenvalue weighted by Gasteiger charge is -2.16. The normalized spacial score (nSPS) is 15.4. The second-order valence-electron chi connectivity index (χ2n) is 5.25. The van der Waals surface area contributed by atoms with Gasteiger partial charge in [0.25, 0.3) is 5.69 Å². The number of benzene rings is 1. The van der Waals surface area contributed by atoms with Crippen LogP contribution < -0.4 is 10.1 Å². The van der Waals surface area contributed by atoms with Crippen molar-refractivity contribution in [2.24, 2.45) is 0 Å². The third-order valence-electron chi connectivity index (χ3n) is 3.59. The van der Waals surface area contributed by atoms with Gasteiger partial charge in [-0.15, -0.1) is 0 Å². The summed E-state index contributed by atoms with van der Waals surface area (Å²) in [5, 5.41) is 14.2. The molecule has 1 aliphatic rings. The van der Waals surface area contributed by atoms with E-state index in [1.165, 1.54) is 18.9 Å². The molecule has 1 saturated carbocycles. The van der Waals surface area contributed by atoms with Crippen LogP contribution in [-0.2, 0) is 6.54 Å². The maximum atomic E-state index is 10.9. The number of nitrogens with one attached hydrogen (secondary N) is 1. The summed E-state index contributed by atoms with van der Waals surface area (Å²) in [5.41, 5.74) is 0.997. The Morgan fingerprint density at radius 3 is 2.80 bits per heavy atom. The molecule has 1 aromatic rings. The van der Waals surface area contributed by atoms with Gasteiger partial charge in [-0.25, -0.2) is 0 Å². The summed E-state index contributed by atoms with van der Waals surface area (Å²) in [6.45, 7) is 3.60. The van der Waals surface area contributed by atoms with E-state index < -0.39 is 0 Å². The predicted octanol–water partition coefficient (Wildman–Crippen LogP) is 3.42. The molecule has 1 aromatic carbocycles. The van der Waals surface area contributed by atoms with Gasteiger partial charge >= 0.3 is 0 Å². The van der Waals surface area contributed by atoms with Gasteiger partial charge in [0, 0.05) is 24.2 Å². The molecular weight excluding hydrogens is 256 g/mol. The van der Waals surface area contributed by atoms with E-state index in [4.69, 9.17) is 4.74 Å². The van der Waals surface area contributed by atoms with E-state index in [2.05, 4.69) is 12.2 Å². The molecule has 0 aliphatic heterocycles. The molecule has 0 aromatic heterocycles. The molecule has 20 heavy (non-hydrogen) atoms. The van der Waals surface area contributed by atoms with E-state index in [1.54, 1.807) is 12.1 Å². The fraction of sp³-hybridized carbons (Fsp3) is 0.600. The van der Waals surface area contributed by atoms with Crippen LogP contribution in [0.2, 0.25) is 0 Å². The Balaban J connectivity index is 2.12. The summed E-state index contributed by atoms with van der Waals surface area (Å²) in [5.74, 6) is 0.783. The first-order valence-electron chi connectivity index (χ1n) is 7.35.